The van der Waals surface area contributed by atoms with E-state index in [1.807, 2.05) is 13.8 Å². The number of amides is 1. The van der Waals surface area contributed by atoms with Crippen molar-refractivity contribution in [2.45, 2.75) is 51.7 Å². The Morgan fingerprint density at radius 3 is 2.61 bits per heavy atom. The largest absolute Gasteiger partial charge is 0.490 e. The third kappa shape index (κ3) is 5.33. The first-order valence-electron chi connectivity index (χ1n) is 12.6. The lowest BCUT2D eigenvalue weighted by Gasteiger charge is -2.32. The maximum atomic E-state index is 11.9. The van der Waals surface area contributed by atoms with Gasteiger partial charge >= 0.3 is 0 Å². The molecule has 36 heavy (non-hydrogen) atoms. The van der Waals surface area contributed by atoms with E-state index in [0.717, 1.165) is 85.8 Å². The van der Waals surface area contributed by atoms with Crippen LogP contribution in [0.25, 0.3) is 10.9 Å². The van der Waals surface area contributed by atoms with Gasteiger partial charge in [-0.1, -0.05) is 0 Å². The summed E-state index contributed by atoms with van der Waals surface area (Å²) in [5.41, 5.74) is 3.32. The Morgan fingerprint density at radius 1 is 1.08 bits per heavy atom. The highest BCUT2D eigenvalue weighted by Gasteiger charge is 2.25. The minimum absolute atomic E-state index is 0.102. The Bertz CT molecular complexity index is 1240. The SMILES string of the molecule is CNC(=O)c1ccnc(NC2CCC(Oc3cc(N4CCOCC4)cc4nc(C)nc(C)c34)CC2)n1. The second-order valence-corrected chi connectivity index (χ2v) is 9.37. The number of rotatable bonds is 6. The van der Waals surface area contributed by atoms with Gasteiger partial charge < -0.3 is 25.0 Å². The number of morpholine rings is 1. The van der Waals surface area contributed by atoms with Gasteiger partial charge in [0.05, 0.1) is 35.9 Å². The van der Waals surface area contributed by atoms with Crippen LogP contribution >= 0.6 is 0 Å². The number of anilines is 2. The van der Waals surface area contributed by atoms with E-state index in [-0.39, 0.29) is 18.1 Å². The van der Waals surface area contributed by atoms with Crippen LogP contribution in [0.15, 0.2) is 24.4 Å². The summed E-state index contributed by atoms with van der Waals surface area (Å²) in [6.45, 7) is 7.11. The molecular weight excluding hydrogens is 458 g/mol. The number of fused-ring (bicyclic) bond motifs is 1. The molecule has 0 unspecified atom stereocenters. The van der Waals surface area contributed by atoms with E-state index >= 15 is 0 Å². The third-order valence-electron chi connectivity index (χ3n) is 6.83. The first-order valence-corrected chi connectivity index (χ1v) is 12.6. The second-order valence-electron chi connectivity index (χ2n) is 9.37. The van der Waals surface area contributed by atoms with Gasteiger partial charge in [-0.2, -0.15) is 0 Å². The fourth-order valence-corrected chi connectivity index (χ4v) is 5.00. The number of aryl methyl sites for hydroxylation is 2. The van der Waals surface area contributed by atoms with Crippen molar-refractivity contribution in [2.24, 2.45) is 0 Å². The summed E-state index contributed by atoms with van der Waals surface area (Å²) in [5.74, 6) is 1.87. The molecule has 0 spiro atoms. The second kappa shape index (κ2) is 10.6. The van der Waals surface area contributed by atoms with Gasteiger partial charge in [0.1, 0.15) is 17.3 Å². The summed E-state index contributed by atoms with van der Waals surface area (Å²) in [6.07, 6.45) is 5.36. The molecule has 2 aliphatic rings. The van der Waals surface area contributed by atoms with Crippen LogP contribution in [0.1, 0.15) is 47.7 Å². The van der Waals surface area contributed by atoms with Crippen molar-refractivity contribution in [2.75, 3.05) is 43.6 Å². The quantitative estimate of drug-likeness (QED) is 0.537. The van der Waals surface area contributed by atoms with Crippen molar-refractivity contribution in [3.05, 3.63) is 41.6 Å². The standard InChI is InChI=1S/C26H33N7O3/c1-16-24-22(30-17(2)29-16)14-19(33-10-12-35-13-11-33)15-23(24)36-20-6-4-18(5-7-20)31-26-28-9-8-21(32-26)25(34)27-3/h8-9,14-15,18,20H,4-7,10-13H2,1-3H3,(H,27,34)(H,28,31,32). The lowest BCUT2D eigenvalue weighted by atomic mass is 9.93. The summed E-state index contributed by atoms with van der Waals surface area (Å²) in [5, 5.41) is 6.96. The number of carbonyl (C=O) groups is 1. The van der Waals surface area contributed by atoms with Crippen molar-refractivity contribution < 1.29 is 14.3 Å². The molecule has 10 nitrogen and oxygen atoms in total. The van der Waals surface area contributed by atoms with Gasteiger partial charge in [0.25, 0.3) is 5.91 Å². The van der Waals surface area contributed by atoms with Gasteiger partial charge in [0.15, 0.2) is 0 Å². The van der Waals surface area contributed by atoms with Crippen LogP contribution in [-0.2, 0) is 4.74 Å². The molecule has 3 heterocycles. The Kier molecular flexibility index (Phi) is 7.13. The van der Waals surface area contributed by atoms with E-state index in [1.165, 1.54) is 0 Å². The van der Waals surface area contributed by atoms with E-state index < -0.39 is 0 Å². The molecule has 1 aliphatic carbocycles. The topological polar surface area (TPSA) is 114 Å². The molecule has 1 saturated carbocycles. The van der Waals surface area contributed by atoms with Crippen LogP contribution in [0.5, 0.6) is 5.75 Å². The number of ether oxygens (including phenoxy) is 2. The zero-order chi connectivity index (χ0) is 25.1. The van der Waals surface area contributed by atoms with E-state index in [0.29, 0.717) is 11.6 Å². The summed E-state index contributed by atoms with van der Waals surface area (Å²) < 4.78 is 12.2. The number of hydrogen-bond acceptors (Lipinski definition) is 9. The fourth-order valence-electron chi connectivity index (χ4n) is 5.00. The van der Waals surface area contributed by atoms with Gasteiger partial charge in [0.2, 0.25) is 5.95 Å². The van der Waals surface area contributed by atoms with Gasteiger partial charge in [-0.3, -0.25) is 4.79 Å². The van der Waals surface area contributed by atoms with E-state index in [4.69, 9.17) is 14.5 Å². The number of benzene rings is 1. The summed E-state index contributed by atoms with van der Waals surface area (Å²) >= 11 is 0. The number of carbonyl (C=O) groups excluding carboxylic acids is 1. The normalized spacial score (nSPS) is 20.2. The van der Waals surface area contributed by atoms with Gasteiger partial charge in [-0.15, -0.1) is 0 Å². The van der Waals surface area contributed by atoms with Crippen LogP contribution in [-0.4, -0.2) is 71.3 Å². The van der Waals surface area contributed by atoms with E-state index in [2.05, 4.69) is 42.6 Å². The molecule has 0 radical (unpaired) electrons. The Morgan fingerprint density at radius 2 is 1.86 bits per heavy atom. The zero-order valence-electron chi connectivity index (χ0n) is 21.1. The molecular formula is C26H33N7O3. The Hall–Kier alpha value is -3.53. The monoisotopic (exact) mass is 491 g/mol. The molecule has 0 atom stereocenters. The highest BCUT2D eigenvalue weighted by Crippen LogP contribution is 2.35. The van der Waals surface area contributed by atoms with Crippen molar-refractivity contribution in [3.63, 3.8) is 0 Å². The molecule has 2 fully saturated rings. The molecule has 2 N–H and O–H groups in total. The maximum Gasteiger partial charge on any atom is 0.269 e. The molecule has 190 valence electrons. The fraction of sp³-hybridized carbons (Fsp3) is 0.500. The highest BCUT2D eigenvalue weighted by atomic mass is 16.5. The molecule has 1 saturated heterocycles. The van der Waals surface area contributed by atoms with E-state index in [9.17, 15) is 4.79 Å². The van der Waals surface area contributed by atoms with Gasteiger partial charge in [-0.05, 0) is 51.7 Å². The number of aromatic nitrogens is 4. The molecule has 10 heteroatoms. The first kappa shape index (κ1) is 24.2. The lowest BCUT2D eigenvalue weighted by Crippen LogP contribution is -2.36. The lowest BCUT2D eigenvalue weighted by molar-refractivity contribution is 0.0958. The number of nitrogens with one attached hydrogen (secondary N) is 2. The average molecular weight is 492 g/mol. The number of nitrogens with zero attached hydrogens (tertiary/aromatic N) is 5. The summed E-state index contributed by atoms with van der Waals surface area (Å²) in [7, 11) is 1.59. The van der Waals surface area contributed by atoms with Crippen LogP contribution in [0, 0.1) is 13.8 Å². The predicted octanol–water partition coefficient (Wildman–Crippen LogP) is 3.03. The minimum atomic E-state index is -0.224. The molecule has 0 bridgehead atoms. The van der Waals surface area contributed by atoms with Crippen LogP contribution < -0.4 is 20.3 Å². The molecule has 1 amide bonds. The predicted molar refractivity (Wildman–Crippen MR) is 138 cm³/mol. The van der Waals surface area contributed by atoms with E-state index in [1.54, 1.807) is 19.3 Å². The van der Waals surface area contributed by atoms with Crippen LogP contribution in [0.2, 0.25) is 0 Å². The van der Waals surface area contributed by atoms with Gasteiger partial charge in [0, 0.05) is 44.1 Å². The van der Waals surface area contributed by atoms with Crippen molar-refractivity contribution in [1.82, 2.24) is 25.3 Å². The van der Waals surface area contributed by atoms with Crippen LogP contribution in [0.4, 0.5) is 11.6 Å². The minimum Gasteiger partial charge on any atom is -0.490 e. The van der Waals surface area contributed by atoms with Gasteiger partial charge in [-0.25, -0.2) is 19.9 Å². The number of hydrogen-bond donors (Lipinski definition) is 2. The molecule has 1 aliphatic heterocycles. The maximum absolute atomic E-state index is 11.9. The third-order valence-corrected chi connectivity index (χ3v) is 6.83. The molecule has 2 aromatic heterocycles. The molecule has 5 rings (SSSR count). The Labute approximate surface area is 210 Å². The average Bonchev–Trinajstić information content (AvgIpc) is 2.89. The first-order chi connectivity index (χ1) is 17.5. The smallest absolute Gasteiger partial charge is 0.269 e. The van der Waals surface area contributed by atoms with Crippen LogP contribution in [0.3, 0.4) is 0 Å². The highest BCUT2D eigenvalue weighted by molar-refractivity contribution is 5.92. The summed E-state index contributed by atoms with van der Waals surface area (Å²) in [4.78, 5) is 32.2. The van der Waals surface area contributed by atoms with Crippen molar-refractivity contribution >= 4 is 28.4 Å². The molecule has 1 aromatic carbocycles. The molecule has 3 aromatic rings. The zero-order valence-corrected chi connectivity index (χ0v) is 21.1. The Balaban J connectivity index is 1.30. The van der Waals surface area contributed by atoms with Crippen molar-refractivity contribution in [1.29, 1.82) is 0 Å². The summed E-state index contributed by atoms with van der Waals surface area (Å²) in [6, 6.07) is 6.12. The van der Waals surface area contributed by atoms with Crippen molar-refractivity contribution in [3.8, 4) is 5.75 Å².